The van der Waals surface area contributed by atoms with Crippen LogP contribution in [0.1, 0.15) is 65.2 Å². The molecule has 4 aliphatic carbocycles. The van der Waals surface area contributed by atoms with Crippen LogP contribution >= 0.6 is 0 Å². The van der Waals surface area contributed by atoms with Crippen LogP contribution < -0.4 is 0 Å². The van der Waals surface area contributed by atoms with Crippen LogP contribution in [0.2, 0.25) is 0 Å². The lowest BCUT2D eigenvalue weighted by molar-refractivity contribution is -0.183. The highest BCUT2D eigenvalue weighted by atomic mass is 16.5. The molecule has 0 heterocycles. The summed E-state index contributed by atoms with van der Waals surface area (Å²) in [5.41, 5.74) is 3.67. The van der Waals surface area contributed by atoms with Crippen molar-refractivity contribution < 1.29 is 10.2 Å². The second kappa shape index (κ2) is 4.23. The average molecular weight is 288 g/mol. The third-order valence-corrected chi connectivity index (χ3v) is 7.39. The van der Waals surface area contributed by atoms with Gasteiger partial charge in [-0.1, -0.05) is 43.6 Å². The first-order valence-electron chi connectivity index (χ1n) is 8.70. The predicted molar refractivity (Wildman–Crippen MR) is 83.5 cm³/mol. The summed E-state index contributed by atoms with van der Waals surface area (Å²) in [6, 6.07) is 0. The zero-order chi connectivity index (χ0) is 14.9. The third-order valence-electron chi connectivity index (χ3n) is 7.39. The van der Waals surface area contributed by atoms with Gasteiger partial charge in [-0.15, -0.1) is 0 Å². The molecule has 4 atom stereocenters. The van der Waals surface area contributed by atoms with Gasteiger partial charge in [0.05, 0.1) is 0 Å². The smallest absolute Gasteiger partial charge is 0.166 e. The van der Waals surface area contributed by atoms with Crippen LogP contribution in [-0.2, 0) is 0 Å². The minimum atomic E-state index is -1.48. The predicted octanol–water partition coefficient (Wildman–Crippen LogP) is 3.94. The molecule has 0 unspecified atom stereocenters. The van der Waals surface area contributed by atoms with Crippen LogP contribution in [0.3, 0.4) is 0 Å². The fraction of sp³-hybridized carbons (Fsp3) is 0.789. The Morgan fingerprint density at radius 1 is 0.952 bits per heavy atom. The molecule has 4 aliphatic rings. The number of hydrogen-bond acceptors (Lipinski definition) is 2. The summed E-state index contributed by atoms with van der Waals surface area (Å²) in [6.45, 7) is 4.87. The minimum absolute atomic E-state index is 0.170. The SMILES string of the molecule is C[C@@]12CCC[C@H]1C1=CC=C3CC(O)(O)CC[C@]3(C)[C@H]1CC2. The lowest BCUT2D eigenvalue weighted by atomic mass is 9.51. The Kier molecular flexibility index (Phi) is 2.83. The van der Waals surface area contributed by atoms with Gasteiger partial charge in [-0.25, -0.2) is 0 Å². The summed E-state index contributed by atoms with van der Waals surface area (Å²) in [5.74, 6) is -0.0571. The quantitative estimate of drug-likeness (QED) is 0.663. The molecule has 0 aromatic heterocycles. The van der Waals surface area contributed by atoms with E-state index < -0.39 is 5.79 Å². The van der Waals surface area contributed by atoms with E-state index in [0.717, 1.165) is 12.3 Å². The lowest BCUT2D eigenvalue weighted by Gasteiger charge is -2.54. The molecule has 3 fully saturated rings. The molecule has 116 valence electrons. The summed E-state index contributed by atoms with van der Waals surface area (Å²) >= 11 is 0. The second-order valence-electron chi connectivity index (χ2n) is 8.63. The first-order valence-corrected chi connectivity index (χ1v) is 8.70. The standard InChI is InChI=1S/C19H28O2/c1-17-8-3-4-15(17)14-6-5-13-12-19(20,21)11-10-18(13,2)16(14)7-9-17/h5-6,15-16,20-21H,3-4,7-12H2,1-2H3/t15-,16-,17-,18-/m0/s1. The third kappa shape index (κ3) is 1.91. The Bertz CT molecular complexity index is 530. The Labute approximate surface area is 127 Å². The van der Waals surface area contributed by atoms with E-state index in [1.54, 1.807) is 5.57 Å². The molecule has 0 amide bonds. The van der Waals surface area contributed by atoms with Gasteiger partial charge in [0.15, 0.2) is 5.79 Å². The van der Waals surface area contributed by atoms with Crippen LogP contribution in [0, 0.1) is 22.7 Å². The molecule has 2 N–H and O–H groups in total. The first-order chi connectivity index (χ1) is 9.84. The van der Waals surface area contributed by atoms with E-state index in [-0.39, 0.29) is 5.41 Å². The van der Waals surface area contributed by atoms with Gasteiger partial charge >= 0.3 is 0 Å². The summed E-state index contributed by atoms with van der Waals surface area (Å²) < 4.78 is 0. The molecule has 0 saturated heterocycles. The lowest BCUT2D eigenvalue weighted by Crippen LogP contribution is -2.47. The molecule has 0 bridgehead atoms. The second-order valence-corrected chi connectivity index (χ2v) is 8.63. The van der Waals surface area contributed by atoms with Gasteiger partial charge in [0.1, 0.15) is 0 Å². The van der Waals surface area contributed by atoms with Gasteiger partial charge < -0.3 is 10.2 Å². The average Bonchev–Trinajstić information content (AvgIpc) is 2.81. The topological polar surface area (TPSA) is 40.5 Å². The number of aliphatic hydroxyl groups is 2. The maximum atomic E-state index is 10.0. The van der Waals surface area contributed by atoms with E-state index in [4.69, 9.17) is 0 Å². The molecular formula is C19H28O2. The van der Waals surface area contributed by atoms with Gasteiger partial charge in [0.25, 0.3) is 0 Å². The van der Waals surface area contributed by atoms with Crippen molar-refractivity contribution in [2.75, 3.05) is 0 Å². The Hall–Kier alpha value is -0.600. The Morgan fingerprint density at radius 3 is 2.57 bits per heavy atom. The molecule has 2 heteroatoms. The Balaban J connectivity index is 1.74. The molecule has 0 spiro atoms. The van der Waals surface area contributed by atoms with E-state index in [0.29, 0.717) is 24.2 Å². The molecular weight excluding hydrogens is 260 g/mol. The van der Waals surface area contributed by atoms with Crippen molar-refractivity contribution in [3.8, 4) is 0 Å². The van der Waals surface area contributed by atoms with Gasteiger partial charge in [-0.05, 0) is 54.8 Å². The summed E-state index contributed by atoms with van der Waals surface area (Å²) in [4.78, 5) is 0. The summed E-state index contributed by atoms with van der Waals surface area (Å²) in [6.07, 6.45) is 13.2. The number of rotatable bonds is 0. The maximum Gasteiger partial charge on any atom is 0.166 e. The van der Waals surface area contributed by atoms with E-state index >= 15 is 0 Å². The van der Waals surface area contributed by atoms with Crippen molar-refractivity contribution in [1.82, 2.24) is 0 Å². The first kappa shape index (κ1) is 14.0. The molecule has 0 radical (unpaired) electrons. The van der Waals surface area contributed by atoms with Crippen molar-refractivity contribution in [2.45, 2.75) is 71.0 Å². The van der Waals surface area contributed by atoms with Crippen molar-refractivity contribution in [2.24, 2.45) is 22.7 Å². The largest absolute Gasteiger partial charge is 0.365 e. The van der Waals surface area contributed by atoms with E-state index in [1.807, 2.05) is 0 Å². The molecule has 0 aromatic carbocycles. The molecule has 0 aliphatic heterocycles. The van der Waals surface area contributed by atoms with Crippen molar-refractivity contribution in [3.63, 3.8) is 0 Å². The number of fused-ring (bicyclic) bond motifs is 5. The summed E-state index contributed by atoms with van der Waals surface area (Å²) in [7, 11) is 0. The molecule has 4 rings (SSSR count). The highest BCUT2D eigenvalue weighted by Gasteiger charge is 2.54. The van der Waals surface area contributed by atoms with E-state index in [1.165, 1.54) is 37.7 Å². The molecule has 0 aromatic rings. The van der Waals surface area contributed by atoms with Gasteiger partial charge in [-0.3, -0.25) is 0 Å². The monoisotopic (exact) mass is 288 g/mol. The van der Waals surface area contributed by atoms with Crippen LogP contribution in [0.15, 0.2) is 23.3 Å². The fourth-order valence-electron chi connectivity index (χ4n) is 5.96. The van der Waals surface area contributed by atoms with Gasteiger partial charge in [-0.2, -0.15) is 0 Å². The maximum absolute atomic E-state index is 10.0. The zero-order valence-corrected chi connectivity index (χ0v) is 13.4. The minimum Gasteiger partial charge on any atom is -0.365 e. The fourth-order valence-corrected chi connectivity index (χ4v) is 5.96. The van der Waals surface area contributed by atoms with Crippen molar-refractivity contribution >= 4 is 0 Å². The Morgan fingerprint density at radius 2 is 1.76 bits per heavy atom. The molecule has 21 heavy (non-hydrogen) atoms. The normalized spacial score (nSPS) is 47.8. The molecule has 3 saturated carbocycles. The van der Waals surface area contributed by atoms with Crippen LogP contribution in [0.5, 0.6) is 0 Å². The van der Waals surface area contributed by atoms with E-state index in [2.05, 4.69) is 26.0 Å². The van der Waals surface area contributed by atoms with Crippen LogP contribution in [-0.4, -0.2) is 16.0 Å². The van der Waals surface area contributed by atoms with Gasteiger partial charge in [0.2, 0.25) is 0 Å². The molecule has 2 nitrogen and oxygen atoms in total. The zero-order valence-electron chi connectivity index (χ0n) is 13.4. The van der Waals surface area contributed by atoms with Gasteiger partial charge in [0, 0.05) is 12.8 Å². The summed E-state index contributed by atoms with van der Waals surface area (Å²) in [5, 5.41) is 20.0. The highest BCUT2D eigenvalue weighted by Crippen LogP contribution is 2.63. The van der Waals surface area contributed by atoms with Crippen LogP contribution in [0.4, 0.5) is 0 Å². The number of allylic oxidation sites excluding steroid dienone is 3. The highest BCUT2D eigenvalue weighted by molar-refractivity contribution is 5.38. The van der Waals surface area contributed by atoms with Crippen molar-refractivity contribution in [1.29, 1.82) is 0 Å². The van der Waals surface area contributed by atoms with Crippen molar-refractivity contribution in [3.05, 3.63) is 23.3 Å². The van der Waals surface area contributed by atoms with Crippen LogP contribution in [0.25, 0.3) is 0 Å². The van der Waals surface area contributed by atoms with E-state index in [9.17, 15) is 10.2 Å². The number of hydrogen-bond donors (Lipinski definition) is 2.